The number of thioether (sulfide) groups is 2. The van der Waals surface area contributed by atoms with Crippen LogP contribution in [-0.4, -0.2) is 82.4 Å². The first-order valence-corrected chi connectivity index (χ1v) is 16.7. The summed E-state index contributed by atoms with van der Waals surface area (Å²) in [4.78, 5) is 44.7. The van der Waals surface area contributed by atoms with E-state index in [-0.39, 0.29) is 24.0 Å². The lowest BCUT2D eigenvalue weighted by atomic mass is 9.85. The summed E-state index contributed by atoms with van der Waals surface area (Å²) in [5.41, 5.74) is 6.82. The molecule has 238 valence electrons. The smallest absolute Gasteiger partial charge is 0.449 e. The Bertz CT molecular complexity index is 1750. The summed E-state index contributed by atoms with van der Waals surface area (Å²) in [6.45, 7) is 0. The summed E-state index contributed by atoms with van der Waals surface area (Å²) in [5, 5.41) is 25.4. The number of nitrogens with zero attached hydrogens (tertiary/aromatic N) is 6. The second-order valence-electron chi connectivity index (χ2n) is 10.3. The number of amides is 2. The van der Waals surface area contributed by atoms with E-state index >= 15 is 0 Å². The van der Waals surface area contributed by atoms with Crippen LogP contribution in [0.25, 0.3) is 0 Å². The maximum atomic E-state index is 14.0. The Labute approximate surface area is 275 Å². The van der Waals surface area contributed by atoms with E-state index in [2.05, 4.69) is 25.8 Å². The molecule has 4 heterocycles. The van der Waals surface area contributed by atoms with Gasteiger partial charge in [-0.1, -0.05) is 72.4 Å². The minimum atomic E-state index is -1.81. The number of benzene rings is 2. The first kappa shape index (κ1) is 31.5. The third-order valence-electron chi connectivity index (χ3n) is 7.53. The van der Waals surface area contributed by atoms with Crippen LogP contribution in [0.5, 0.6) is 0 Å². The molecule has 2 aromatic heterocycles. The molecule has 46 heavy (non-hydrogen) atoms. The number of ether oxygens (including phenoxy) is 2. The number of aryl methyl sites for hydroxylation is 1. The second-order valence-corrected chi connectivity index (χ2v) is 13.4. The Morgan fingerprint density at radius 1 is 1.15 bits per heavy atom. The fourth-order valence-corrected chi connectivity index (χ4v) is 8.94. The van der Waals surface area contributed by atoms with Gasteiger partial charge in [0, 0.05) is 42.0 Å². The quantitative estimate of drug-likeness (QED) is 0.0909. The number of tetrazole rings is 1. The van der Waals surface area contributed by atoms with Crippen LogP contribution < -0.4 is 11.1 Å². The first-order chi connectivity index (χ1) is 22.2. The van der Waals surface area contributed by atoms with Gasteiger partial charge in [0.25, 0.3) is 11.6 Å². The molecule has 3 atom stereocenters. The summed E-state index contributed by atoms with van der Waals surface area (Å²) < 4.78 is 12.7. The van der Waals surface area contributed by atoms with Crippen LogP contribution in [0, 0.1) is 0 Å². The van der Waals surface area contributed by atoms with Crippen molar-refractivity contribution in [2.24, 2.45) is 7.05 Å². The predicted octanol–water partition coefficient (Wildman–Crippen LogP) is 3.06. The number of carboxylic acid groups (broad SMARTS) is 1. The zero-order chi connectivity index (χ0) is 32.4. The standard InChI is InChI=1S/C29H28N8O6S3/c1-36-27(33-34-35-36)45-15-19-22(21(16-9-5-3-6-10-16)17-11-7-4-8-12-17)46-25-29(42-2,24(39)37(25)23(19)43-28(40)41)32-20(38)13-18-14-44-26(30)31-18/h3-12,14,21-22,25H,13,15H2,1-2H3,(H2,30,31)(H,32,38)(H,40,41)/t22?,25-,29-/m0/s1. The van der Waals surface area contributed by atoms with Gasteiger partial charge in [-0.05, 0) is 21.6 Å². The lowest BCUT2D eigenvalue weighted by Gasteiger charge is -2.57. The topological polar surface area (TPSA) is 188 Å². The van der Waals surface area contributed by atoms with Crippen LogP contribution in [-0.2, 0) is 32.5 Å². The fraction of sp³-hybridized carbons (Fsp3) is 0.276. The molecule has 0 spiro atoms. The van der Waals surface area contributed by atoms with Crippen molar-refractivity contribution >= 4 is 58.0 Å². The molecule has 0 saturated carbocycles. The lowest BCUT2D eigenvalue weighted by Crippen LogP contribution is -2.81. The van der Waals surface area contributed by atoms with Gasteiger partial charge in [-0.3, -0.25) is 14.5 Å². The zero-order valence-corrected chi connectivity index (χ0v) is 26.9. The number of anilines is 1. The molecule has 1 unspecified atom stereocenters. The highest BCUT2D eigenvalue weighted by Crippen LogP contribution is 2.54. The van der Waals surface area contributed by atoms with Gasteiger partial charge in [-0.25, -0.2) is 14.5 Å². The van der Waals surface area contributed by atoms with Gasteiger partial charge in [0.05, 0.1) is 12.1 Å². The number of nitrogens with two attached hydrogens (primary N) is 1. The van der Waals surface area contributed by atoms with Crippen LogP contribution in [0.1, 0.15) is 22.7 Å². The van der Waals surface area contributed by atoms with E-state index in [0.717, 1.165) is 11.1 Å². The Balaban J connectivity index is 1.45. The number of nitrogens with one attached hydrogen (secondary N) is 1. The molecular weight excluding hydrogens is 653 g/mol. The summed E-state index contributed by atoms with van der Waals surface area (Å²) in [6.07, 6.45) is -1.73. The third kappa shape index (κ3) is 5.93. The molecule has 17 heteroatoms. The maximum absolute atomic E-state index is 14.0. The van der Waals surface area contributed by atoms with Gasteiger partial charge in [-0.2, -0.15) is 0 Å². The number of thiazole rings is 1. The van der Waals surface area contributed by atoms with Gasteiger partial charge in [0.1, 0.15) is 5.37 Å². The van der Waals surface area contributed by atoms with Crippen molar-refractivity contribution < 1.29 is 29.0 Å². The molecule has 2 aliphatic rings. The molecule has 2 amide bonds. The highest BCUT2D eigenvalue weighted by atomic mass is 32.2. The maximum Gasteiger partial charge on any atom is 0.512 e. The van der Waals surface area contributed by atoms with Gasteiger partial charge in [-0.15, -0.1) is 28.2 Å². The minimum absolute atomic E-state index is 0.133. The molecule has 4 aromatic rings. The van der Waals surface area contributed by atoms with Crippen LogP contribution in [0.15, 0.2) is 82.7 Å². The van der Waals surface area contributed by atoms with E-state index < -0.39 is 34.3 Å². The first-order valence-electron chi connectivity index (χ1n) is 13.9. The number of carbonyl (C=O) groups is 3. The van der Waals surface area contributed by atoms with Crippen LogP contribution in [0.4, 0.5) is 9.93 Å². The van der Waals surface area contributed by atoms with E-state index in [1.807, 2.05) is 60.7 Å². The number of β-lactam (4-membered cyclic amide) rings is 1. The third-order valence-corrected chi connectivity index (χ3v) is 11.0. The molecule has 2 aromatic carbocycles. The number of rotatable bonds is 11. The van der Waals surface area contributed by atoms with Crippen molar-refractivity contribution in [3.05, 3.63) is 94.3 Å². The molecule has 6 rings (SSSR count). The lowest BCUT2D eigenvalue weighted by molar-refractivity contribution is -0.195. The van der Waals surface area contributed by atoms with Crippen molar-refractivity contribution in [2.75, 3.05) is 18.6 Å². The highest BCUT2D eigenvalue weighted by Gasteiger charge is 2.68. The van der Waals surface area contributed by atoms with Gasteiger partial charge < -0.3 is 25.6 Å². The fourth-order valence-electron chi connectivity index (χ4n) is 5.50. The minimum Gasteiger partial charge on any atom is -0.449 e. The summed E-state index contributed by atoms with van der Waals surface area (Å²) >= 11 is 3.86. The summed E-state index contributed by atoms with van der Waals surface area (Å²) in [7, 11) is 3.02. The van der Waals surface area contributed by atoms with Gasteiger partial charge in [0.2, 0.25) is 16.9 Å². The van der Waals surface area contributed by atoms with Crippen molar-refractivity contribution in [3.8, 4) is 0 Å². The largest absolute Gasteiger partial charge is 0.512 e. The van der Waals surface area contributed by atoms with Crippen LogP contribution >= 0.6 is 34.9 Å². The second kappa shape index (κ2) is 13.1. The highest BCUT2D eigenvalue weighted by molar-refractivity contribution is 8.01. The zero-order valence-electron chi connectivity index (χ0n) is 24.5. The van der Waals surface area contributed by atoms with Gasteiger partial charge >= 0.3 is 6.16 Å². The number of fused-ring (bicyclic) bond motifs is 1. The van der Waals surface area contributed by atoms with Crippen LogP contribution in [0.3, 0.4) is 0 Å². The molecule has 14 nitrogen and oxygen atoms in total. The molecule has 1 saturated heterocycles. The summed E-state index contributed by atoms with van der Waals surface area (Å²) in [6, 6.07) is 19.5. The van der Waals surface area contributed by atoms with E-state index in [4.69, 9.17) is 15.2 Å². The molecule has 0 radical (unpaired) electrons. The molecular formula is C29H28N8O6S3. The number of aromatic nitrogens is 5. The van der Waals surface area contributed by atoms with E-state index in [0.29, 0.717) is 21.6 Å². The van der Waals surface area contributed by atoms with Crippen molar-refractivity contribution in [1.29, 1.82) is 0 Å². The predicted molar refractivity (Wildman–Crippen MR) is 171 cm³/mol. The molecule has 0 aliphatic carbocycles. The van der Waals surface area contributed by atoms with E-state index in [1.165, 1.54) is 51.6 Å². The molecule has 0 bridgehead atoms. The van der Waals surface area contributed by atoms with Crippen molar-refractivity contribution in [3.63, 3.8) is 0 Å². The Hall–Kier alpha value is -4.45. The average molecular weight is 681 g/mol. The van der Waals surface area contributed by atoms with Crippen molar-refractivity contribution in [1.82, 2.24) is 35.4 Å². The number of hydrogen-bond acceptors (Lipinski definition) is 13. The number of methoxy groups -OCH3 is 1. The van der Waals surface area contributed by atoms with Gasteiger partial charge in [0.15, 0.2) is 5.13 Å². The monoisotopic (exact) mass is 680 g/mol. The van der Waals surface area contributed by atoms with E-state index in [9.17, 15) is 19.5 Å². The van der Waals surface area contributed by atoms with Crippen LogP contribution in [0.2, 0.25) is 0 Å². The molecule has 1 fully saturated rings. The average Bonchev–Trinajstić information content (AvgIpc) is 3.66. The summed E-state index contributed by atoms with van der Waals surface area (Å²) in [5.74, 6) is -1.46. The Morgan fingerprint density at radius 3 is 2.37 bits per heavy atom. The SMILES string of the molecule is CO[C@@]1(NC(=O)Cc2csc(N)n2)C(=O)N2C(OC(=O)O)=C(CSc3nnnn3C)C(C(c3ccccc3)c3ccccc3)S[C@H]21. The number of hydrogen-bond donors (Lipinski definition) is 3. The Morgan fingerprint density at radius 2 is 1.83 bits per heavy atom. The molecule has 2 aliphatic heterocycles. The number of nitrogen functional groups attached to an aromatic ring is 1. The van der Waals surface area contributed by atoms with Crippen molar-refractivity contribution in [2.45, 2.75) is 33.8 Å². The molecule has 4 N–H and O–H groups in total. The number of carbonyl (C=O) groups excluding carboxylic acids is 2. The normalized spacial score (nSPS) is 20.8. The Kier molecular flexibility index (Phi) is 8.99. The van der Waals surface area contributed by atoms with E-state index in [1.54, 1.807) is 12.4 Å².